The SMILES string of the molecule is c1ccc(C2=NC(c3cccc4oc5cc(-c6cc7c8ccccc8sc7c7ccccc67)ccc5c34)N=C(c3ccc4c(ccc5ccccc54)c3)N2)cc1. The second-order valence-electron chi connectivity index (χ2n) is 14.5. The third kappa shape index (κ3) is 4.84. The first-order chi connectivity index (χ1) is 27.7. The molecule has 0 spiro atoms. The highest BCUT2D eigenvalue weighted by atomic mass is 32.1. The lowest BCUT2D eigenvalue weighted by Crippen LogP contribution is -2.36. The molecule has 262 valence electrons. The van der Waals surface area contributed by atoms with Gasteiger partial charge in [0, 0.05) is 53.0 Å². The first kappa shape index (κ1) is 31.3. The Bertz CT molecular complexity index is 3460. The number of thiophene rings is 1. The summed E-state index contributed by atoms with van der Waals surface area (Å²) in [4.78, 5) is 10.6. The maximum atomic E-state index is 6.70. The standard InChI is InChI=1S/C51H31N3OS/c1-2-12-31(13-3-1)49-52-50(34-24-25-36-32(27-34)22-21-30-11-4-5-14-35(30)36)54-51(53-49)41-18-10-19-44-47(41)40-26-23-33(28-45(40)55-44)42-29-43-38-16-8-9-20-46(38)56-48(43)39-17-7-6-15-37(39)42/h1-29,51H,(H,52,53,54). The minimum absolute atomic E-state index is 0.490. The maximum Gasteiger partial charge on any atom is 0.170 e. The van der Waals surface area contributed by atoms with Crippen molar-refractivity contribution in [2.24, 2.45) is 9.98 Å². The highest BCUT2D eigenvalue weighted by Crippen LogP contribution is 2.44. The number of nitrogens with one attached hydrogen (secondary N) is 1. The van der Waals surface area contributed by atoms with Crippen LogP contribution in [-0.4, -0.2) is 11.7 Å². The van der Waals surface area contributed by atoms with E-state index in [1.807, 2.05) is 29.5 Å². The molecule has 0 saturated carbocycles. The summed E-state index contributed by atoms with van der Waals surface area (Å²) in [5, 5.41) is 15.7. The van der Waals surface area contributed by atoms with Crippen LogP contribution in [0, 0.1) is 0 Å². The molecule has 1 atom stereocenters. The maximum absolute atomic E-state index is 6.70. The van der Waals surface area contributed by atoms with Gasteiger partial charge < -0.3 is 9.73 Å². The van der Waals surface area contributed by atoms with Crippen molar-refractivity contribution in [1.82, 2.24) is 5.32 Å². The van der Waals surface area contributed by atoms with Gasteiger partial charge in [-0.2, -0.15) is 0 Å². The van der Waals surface area contributed by atoms with E-state index in [0.717, 1.165) is 55.9 Å². The summed E-state index contributed by atoms with van der Waals surface area (Å²) in [5.41, 5.74) is 7.02. The van der Waals surface area contributed by atoms with Crippen molar-refractivity contribution in [3.63, 3.8) is 0 Å². The average Bonchev–Trinajstić information content (AvgIpc) is 3.84. The summed E-state index contributed by atoms with van der Waals surface area (Å²) < 4.78 is 9.33. The first-order valence-corrected chi connectivity index (χ1v) is 19.7. The molecule has 11 aromatic rings. The van der Waals surface area contributed by atoms with Crippen LogP contribution in [0.1, 0.15) is 22.9 Å². The van der Waals surface area contributed by atoms with Gasteiger partial charge in [0.25, 0.3) is 0 Å². The highest BCUT2D eigenvalue weighted by Gasteiger charge is 2.25. The van der Waals surface area contributed by atoms with Gasteiger partial charge in [0.15, 0.2) is 6.17 Å². The van der Waals surface area contributed by atoms with Gasteiger partial charge >= 0.3 is 0 Å². The van der Waals surface area contributed by atoms with Gasteiger partial charge in [-0.15, -0.1) is 11.3 Å². The molecule has 56 heavy (non-hydrogen) atoms. The van der Waals surface area contributed by atoms with E-state index < -0.39 is 6.17 Å². The Kier molecular flexibility index (Phi) is 6.83. The number of fused-ring (bicyclic) bond motifs is 11. The average molecular weight is 734 g/mol. The number of rotatable bonds is 4. The van der Waals surface area contributed by atoms with Gasteiger partial charge in [-0.05, 0) is 74.5 Å². The second-order valence-corrected chi connectivity index (χ2v) is 15.6. The van der Waals surface area contributed by atoms with E-state index in [1.165, 1.54) is 58.1 Å². The molecule has 0 saturated heterocycles. The molecule has 5 heteroatoms. The second kappa shape index (κ2) is 12.2. The van der Waals surface area contributed by atoms with Gasteiger partial charge in [0.05, 0.1) is 0 Å². The Morgan fingerprint density at radius 1 is 0.446 bits per heavy atom. The molecule has 0 bridgehead atoms. The highest BCUT2D eigenvalue weighted by molar-refractivity contribution is 7.26. The van der Waals surface area contributed by atoms with Crippen LogP contribution >= 0.6 is 11.3 Å². The van der Waals surface area contributed by atoms with Crippen LogP contribution in [0.3, 0.4) is 0 Å². The number of amidine groups is 2. The molecule has 2 aromatic heterocycles. The topological polar surface area (TPSA) is 49.9 Å². The Morgan fingerprint density at radius 3 is 2.04 bits per heavy atom. The molecule has 12 rings (SSSR count). The van der Waals surface area contributed by atoms with Crippen molar-refractivity contribution in [3.8, 4) is 11.1 Å². The molecule has 9 aromatic carbocycles. The van der Waals surface area contributed by atoms with Gasteiger partial charge in [-0.3, -0.25) is 0 Å². The van der Waals surface area contributed by atoms with Crippen molar-refractivity contribution < 1.29 is 4.42 Å². The lowest BCUT2D eigenvalue weighted by Gasteiger charge is -2.23. The fraction of sp³-hybridized carbons (Fsp3) is 0.0196. The van der Waals surface area contributed by atoms with E-state index in [4.69, 9.17) is 14.4 Å². The fourth-order valence-electron chi connectivity index (χ4n) is 8.66. The molecule has 4 nitrogen and oxygen atoms in total. The zero-order chi connectivity index (χ0) is 36.7. The van der Waals surface area contributed by atoms with Crippen molar-refractivity contribution in [2.75, 3.05) is 0 Å². The zero-order valence-electron chi connectivity index (χ0n) is 30.0. The number of hydrogen-bond acceptors (Lipinski definition) is 5. The van der Waals surface area contributed by atoms with Crippen LogP contribution in [-0.2, 0) is 0 Å². The smallest absolute Gasteiger partial charge is 0.170 e. The lowest BCUT2D eigenvalue weighted by atomic mass is 9.94. The quantitative estimate of drug-likeness (QED) is 0.183. The molecule has 0 fully saturated rings. The largest absolute Gasteiger partial charge is 0.456 e. The summed E-state index contributed by atoms with van der Waals surface area (Å²) in [6, 6.07) is 62.6. The predicted molar refractivity (Wildman–Crippen MR) is 236 cm³/mol. The van der Waals surface area contributed by atoms with E-state index in [-0.39, 0.29) is 0 Å². The Hall–Kier alpha value is -7.08. The molecule has 0 radical (unpaired) electrons. The summed E-state index contributed by atoms with van der Waals surface area (Å²) >= 11 is 1.87. The van der Waals surface area contributed by atoms with Crippen molar-refractivity contribution >= 4 is 97.4 Å². The van der Waals surface area contributed by atoms with Gasteiger partial charge in [0.2, 0.25) is 0 Å². The summed E-state index contributed by atoms with van der Waals surface area (Å²) in [7, 11) is 0. The minimum Gasteiger partial charge on any atom is -0.456 e. The fourth-order valence-corrected chi connectivity index (χ4v) is 9.88. The van der Waals surface area contributed by atoms with Crippen LogP contribution in [0.4, 0.5) is 0 Å². The predicted octanol–water partition coefficient (Wildman–Crippen LogP) is 13.6. The third-order valence-electron chi connectivity index (χ3n) is 11.3. The molecule has 1 aliphatic heterocycles. The van der Waals surface area contributed by atoms with Crippen LogP contribution in [0.15, 0.2) is 190 Å². The van der Waals surface area contributed by atoms with E-state index >= 15 is 0 Å². The first-order valence-electron chi connectivity index (χ1n) is 18.9. The summed E-state index contributed by atoms with van der Waals surface area (Å²) in [5.74, 6) is 1.57. The number of furan rings is 1. The third-order valence-corrected chi connectivity index (χ3v) is 12.5. The minimum atomic E-state index is -0.490. The summed E-state index contributed by atoms with van der Waals surface area (Å²) in [6.45, 7) is 0. The molecule has 0 amide bonds. The number of hydrogen-bond donors (Lipinski definition) is 1. The zero-order valence-corrected chi connectivity index (χ0v) is 30.8. The number of aliphatic imine (C=N–C) groups is 2. The van der Waals surface area contributed by atoms with E-state index in [0.29, 0.717) is 0 Å². The molecular formula is C51H31N3OS. The Morgan fingerprint density at radius 2 is 1.14 bits per heavy atom. The van der Waals surface area contributed by atoms with Gasteiger partial charge in [0.1, 0.15) is 22.8 Å². The molecule has 1 N–H and O–H groups in total. The normalized spacial score (nSPS) is 14.6. The molecule has 1 unspecified atom stereocenters. The Balaban J connectivity index is 1.02. The van der Waals surface area contributed by atoms with Gasteiger partial charge in [-0.1, -0.05) is 140 Å². The van der Waals surface area contributed by atoms with Crippen molar-refractivity contribution in [1.29, 1.82) is 0 Å². The number of nitrogens with zero attached hydrogens (tertiary/aromatic N) is 2. The van der Waals surface area contributed by atoms with Crippen molar-refractivity contribution in [3.05, 3.63) is 193 Å². The Labute approximate surface area is 325 Å². The molecule has 1 aliphatic rings. The molecular weight excluding hydrogens is 703 g/mol. The van der Waals surface area contributed by atoms with E-state index in [1.54, 1.807) is 0 Å². The van der Waals surface area contributed by atoms with E-state index in [9.17, 15) is 0 Å². The van der Waals surface area contributed by atoms with Crippen LogP contribution in [0.2, 0.25) is 0 Å². The monoisotopic (exact) mass is 733 g/mol. The lowest BCUT2D eigenvalue weighted by molar-refractivity contribution is 0.668. The molecule has 0 aliphatic carbocycles. The molecule has 3 heterocycles. The van der Waals surface area contributed by atoms with Crippen molar-refractivity contribution in [2.45, 2.75) is 6.17 Å². The van der Waals surface area contributed by atoms with Gasteiger partial charge in [-0.25, -0.2) is 9.98 Å². The van der Waals surface area contributed by atoms with Crippen LogP contribution in [0.25, 0.3) is 85.6 Å². The summed E-state index contributed by atoms with van der Waals surface area (Å²) in [6.07, 6.45) is -0.490. The van der Waals surface area contributed by atoms with Crippen LogP contribution in [0.5, 0.6) is 0 Å². The van der Waals surface area contributed by atoms with Crippen LogP contribution < -0.4 is 5.32 Å². The number of benzene rings is 9. The van der Waals surface area contributed by atoms with E-state index in [2.05, 4.69) is 163 Å².